The Balaban J connectivity index is 0.000000289. The average Bonchev–Trinajstić information content (AvgIpc) is 2.38. The van der Waals surface area contributed by atoms with E-state index < -0.39 is 0 Å². The summed E-state index contributed by atoms with van der Waals surface area (Å²) in [7, 11) is 0. The van der Waals surface area contributed by atoms with Gasteiger partial charge < -0.3 is 0 Å². The third-order valence-corrected chi connectivity index (χ3v) is 2.64. The molecule has 2 aromatic carbocycles. The SMILES string of the molecule is CC.Cc1ccc(Cl)cc1C.Cc1ccccc1. The van der Waals surface area contributed by atoms with Gasteiger partial charge in [-0.1, -0.05) is 67.4 Å². The Bertz CT molecular complexity index is 433. The normalized spacial score (nSPS) is 8.56. The monoisotopic (exact) mass is 262 g/mol. The topological polar surface area (TPSA) is 0 Å². The quantitative estimate of drug-likeness (QED) is 0.548. The molecule has 0 aliphatic rings. The molecule has 2 rings (SSSR count). The summed E-state index contributed by atoms with van der Waals surface area (Å²) in [4.78, 5) is 0. The summed E-state index contributed by atoms with van der Waals surface area (Å²) in [5, 5.41) is 0.818. The minimum Gasteiger partial charge on any atom is -0.0843 e. The molecule has 0 spiro atoms. The molecule has 0 bridgehead atoms. The first-order valence-corrected chi connectivity index (χ1v) is 6.72. The zero-order chi connectivity index (χ0) is 14.0. The summed E-state index contributed by atoms with van der Waals surface area (Å²) in [6.45, 7) is 10.2. The third-order valence-electron chi connectivity index (χ3n) is 2.41. The maximum absolute atomic E-state index is 5.72. The van der Waals surface area contributed by atoms with Crippen LogP contribution >= 0.6 is 11.6 Å². The van der Waals surface area contributed by atoms with Crippen LogP contribution in [0.4, 0.5) is 0 Å². The van der Waals surface area contributed by atoms with E-state index in [0.29, 0.717) is 0 Å². The number of benzene rings is 2. The summed E-state index contributed by atoms with van der Waals surface area (Å²) < 4.78 is 0. The van der Waals surface area contributed by atoms with Crippen molar-refractivity contribution in [2.75, 3.05) is 0 Å². The third kappa shape index (κ3) is 7.13. The largest absolute Gasteiger partial charge is 0.0843 e. The van der Waals surface area contributed by atoms with Crippen molar-refractivity contribution in [1.29, 1.82) is 0 Å². The lowest BCUT2D eigenvalue weighted by molar-refractivity contribution is 1.34. The van der Waals surface area contributed by atoms with Crippen molar-refractivity contribution in [3.05, 3.63) is 70.2 Å². The van der Waals surface area contributed by atoms with Crippen LogP contribution in [0, 0.1) is 20.8 Å². The minimum absolute atomic E-state index is 0.818. The van der Waals surface area contributed by atoms with Crippen molar-refractivity contribution in [1.82, 2.24) is 0 Å². The van der Waals surface area contributed by atoms with Gasteiger partial charge in [-0.2, -0.15) is 0 Å². The van der Waals surface area contributed by atoms with Crippen LogP contribution in [0.5, 0.6) is 0 Å². The van der Waals surface area contributed by atoms with Gasteiger partial charge in [0.2, 0.25) is 0 Å². The van der Waals surface area contributed by atoms with Crippen LogP contribution in [0.3, 0.4) is 0 Å². The molecule has 0 saturated carbocycles. The molecule has 0 aliphatic heterocycles. The maximum atomic E-state index is 5.72. The predicted molar refractivity (Wildman–Crippen MR) is 83.5 cm³/mol. The molecule has 0 atom stereocenters. The number of halogens is 1. The Morgan fingerprint density at radius 2 is 1.28 bits per heavy atom. The Kier molecular flexibility index (Phi) is 9.04. The van der Waals surface area contributed by atoms with Crippen LogP contribution in [0.2, 0.25) is 5.02 Å². The van der Waals surface area contributed by atoms with Gasteiger partial charge in [-0.25, -0.2) is 0 Å². The van der Waals surface area contributed by atoms with Crippen molar-refractivity contribution in [3.63, 3.8) is 0 Å². The number of rotatable bonds is 0. The van der Waals surface area contributed by atoms with E-state index in [1.54, 1.807) is 0 Å². The molecule has 0 radical (unpaired) electrons. The second-order valence-electron chi connectivity index (χ2n) is 3.88. The van der Waals surface area contributed by atoms with Crippen molar-refractivity contribution >= 4 is 11.6 Å². The van der Waals surface area contributed by atoms with E-state index in [4.69, 9.17) is 11.6 Å². The van der Waals surface area contributed by atoms with Gasteiger partial charge in [0.15, 0.2) is 0 Å². The zero-order valence-corrected chi connectivity index (χ0v) is 12.8. The van der Waals surface area contributed by atoms with Crippen molar-refractivity contribution in [3.8, 4) is 0 Å². The predicted octanol–water partition coefficient (Wildman–Crippen LogP) is 5.98. The fourth-order valence-corrected chi connectivity index (χ4v) is 1.47. The second-order valence-corrected chi connectivity index (χ2v) is 4.32. The molecule has 0 amide bonds. The summed E-state index contributed by atoms with van der Waals surface area (Å²) in [5.41, 5.74) is 3.87. The lowest BCUT2D eigenvalue weighted by atomic mass is 10.1. The molecule has 0 unspecified atom stereocenters. The summed E-state index contributed by atoms with van der Waals surface area (Å²) in [5.74, 6) is 0. The van der Waals surface area contributed by atoms with Gasteiger partial charge in [0, 0.05) is 5.02 Å². The van der Waals surface area contributed by atoms with Gasteiger partial charge in [0.25, 0.3) is 0 Å². The Morgan fingerprint density at radius 3 is 1.61 bits per heavy atom. The highest BCUT2D eigenvalue weighted by atomic mass is 35.5. The zero-order valence-electron chi connectivity index (χ0n) is 12.0. The minimum atomic E-state index is 0.818. The molecular formula is C17H23Cl. The van der Waals surface area contributed by atoms with E-state index in [-0.39, 0.29) is 0 Å². The van der Waals surface area contributed by atoms with Gasteiger partial charge in [-0.15, -0.1) is 0 Å². The lowest BCUT2D eigenvalue weighted by Gasteiger charge is -1.97. The molecule has 1 heteroatoms. The first kappa shape index (κ1) is 16.7. The molecule has 0 aliphatic carbocycles. The molecule has 0 fully saturated rings. The van der Waals surface area contributed by atoms with Gasteiger partial charge >= 0.3 is 0 Å². The molecule has 0 nitrogen and oxygen atoms in total. The van der Waals surface area contributed by atoms with Gasteiger partial charge in [-0.05, 0) is 44.0 Å². The van der Waals surface area contributed by atoms with Crippen molar-refractivity contribution < 1.29 is 0 Å². The number of hydrogen-bond donors (Lipinski definition) is 0. The van der Waals surface area contributed by atoms with Crippen molar-refractivity contribution in [2.24, 2.45) is 0 Å². The highest BCUT2D eigenvalue weighted by Gasteiger charge is 1.90. The Labute approximate surface area is 117 Å². The summed E-state index contributed by atoms with van der Waals surface area (Å²) >= 11 is 5.72. The van der Waals surface area contributed by atoms with Gasteiger partial charge in [0.1, 0.15) is 0 Å². The number of aryl methyl sites for hydroxylation is 3. The first-order valence-electron chi connectivity index (χ1n) is 6.34. The maximum Gasteiger partial charge on any atom is 0.0408 e. The van der Waals surface area contributed by atoms with Crippen LogP contribution in [0.1, 0.15) is 30.5 Å². The van der Waals surface area contributed by atoms with Crippen LogP contribution in [-0.4, -0.2) is 0 Å². The molecular weight excluding hydrogens is 240 g/mol. The van der Waals surface area contributed by atoms with Gasteiger partial charge in [-0.3, -0.25) is 0 Å². The van der Waals surface area contributed by atoms with Crippen LogP contribution < -0.4 is 0 Å². The second kappa shape index (κ2) is 9.73. The number of hydrogen-bond acceptors (Lipinski definition) is 0. The molecule has 0 heterocycles. The van der Waals surface area contributed by atoms with Crippen LogP contribution in [-0.2, 0) is 0 Å². The Hall–Kier alpha value is -1.27. The van der Waals surface area contributed by atoms with Crippen molar-refractivity contribution in [2.45, 2.75) is 34.6 Å². The fourth-order valence-electron chi connectivity index (χ4n) is 1.24. The molecule has 18 heavy (non-hydrogen) atoms. The highest BCUT2D eigenvalue weighted by Crippen LogP contribution is 2.13. The first-order chi connectivity index (χ1) is 8.59. The van der Waals surface area contributed by atoms with Gasteiger partial charge in [0.05, 0.1) is 0 Å². The smallest absolute Gasteiger partial charge is 0.0408 e. The van der Waals surface area contributed by atoms with E-state index in [1.165, 1.54) is 16.7 Å². The van der Waals surface area contributed by atoms with E-state index in [0.717, 1.165) is 5.02 Å². The molecule has 0 saturated heterocycles. The lowest BCUT2D eigenvalue weighted by Crippen LogP contribution is -1.77. The molecule has 98 valence electrons. The molecule has 0 N–H and O–H groups in total. The van der Waals surface area contributed by atoms with E-state index in [1.807, 2.05) is 50.2 Å². The Morgan fingerprint density at radius 1 is 0.722 bits per heavy atom. The average molecular weight is 263 g/mol. The van der Waals surface area contributed by atoms with E-state index in [2.05, 4.69) is 32.9 Å². The summed E-state index contributed by atoms with van der Waals surface area (Å²) in [6.07, 6.45) is 0. The fraction of sp³-hybridized carbons (Fsp3) is 0.294. The molecule has 0 aromatic heterocycles. The van der Waals surface area contributed by atoms with E-state index in [9.17, 15) is 0 Å². The molecule has 2 aromatic rings. The van der Waals surface area contributed by atoms with E-state index >= 15 is 0 Å². The highest BCUT2D eigenvalue weighted by molar-refractivity contribution is 6.30. The van der Waals surface area contributed by atoms with Crippen LogP contribution in [0.25, 0.3) is 0 Å². The summed E-state index contributed by atoms with van der Waals surface area (Å²) in [6, 6.07) is 16.2. The van der Waals surface area contributed by atoms with Crippen LogP contribution in [0.15, 0.2) is 48.5 Å². The standard InChI is InChI=1S/C8H9Cl.C7H8.C2H6/c1-6-3-4-8(9)5-7(6)2;1-7-5-3-2-4-6-7;1-2/h3-5H,1-2H3;2-6H,1H3;1-2H3.